The minimum Gasteiger partial charge on any atom is -0.493 e. The van der Waals surface area contributed by atoms with Crippen LogP contribution in [0.5, 0.6) is 17.2 Å². The van der Waals surface area contributed by atoms with Crippen LogP contribution in [0.2, 0.25) is 0 Å². The van der Waals surface area contributed by atoms with E-state index in [0.717, 1.165) is 5.56 Å². The van der Waals surface area contributed by atoms with Gasteiger partial charge >= 0.3 is 5.97 Å². The number of aldehydes is 1. The molecule has 0 aliphatic heterocycles. The van der Waals surface area contributed by atoms with Crippen molar-refractivity contribution in [3.8, 4) is 17.2 Å². The van der Waals surface area contributed by atoms with Crippen molar-refractivity contribution in [3.63, 3.8) is 0 Å². The Morgan fingerprint density at radius 1 is 0.964 bits per heavy atom. The van der Waals surface area contributed by atoms with Gasteiger partial charge < -0.3 is 24.3 Å². The second-order valence-corrected chi connectivity index (χ2v) is 5.63. The predicted octanol–water partition coefficient (Wildman–Crippen LogP) is 2.00. The Labute approximate surface area is 162 Å². The van der Waals surface area contributed by atoms with E-state index in [0.29, 0.717) is 29.1 Å². The zero-order chi connectivity index (χ0) is 20.5. The van der Waals surface area contributed by atoms with E-state index in [9.17, 15) is 14.4 Å². The summed E-state index contributed by atoms with van der Waals surface area (Å²) < 4.78 is 20.7. The largest absolute Gasteiger partial charge is 0.493 e. The summed E-state index contributed by atoms with van der Waals surface area (Å²) in [4.78, 5) is 34.5. The number of rotatable bonds is 9. The molecule has 8 nitrogen and oxygen atoms in total. The van der Waals surface area contributed by atoms with Gasteiger partial charge in [0, 0.05) is 12.1 Å². The standard InChI is InChI=1S/C20H21NO7/c1-25-16-8-14(9-17(26-2)19(16)27-3)10-21-18(23)12-28-20(24)15-6-4-13(11-22)5-7-15/h4-9,11H,10,12H2,1-3H3,(H,21,23). The number of ether oxygens (including phenoxy) is 4. The van der Waals surface area contributed by atoms with Gasteiger partial charge in [0.25, 0.3) is 5.91 Å². The first-order chi connectivity index (χ1) is 13.5. The van der Waals surface area contributed by atoms with E-state index < -0.39 is 18.5 Å². The summed E-state index contributed by atoms with van der Waals surface area (Å²) in [6.07, 6.45) is 0.672. The molecular formula is C20H21NO7. The van der Waals surface area contributed by atoms with Crippen molar-refractivity contribution in [2.45, 2.75) is 6.54 Å². The van der Waals surface area contributed by atoms with Crippen LogP contribution >= 0.6 is 0 Å². The molecular weight excluding hydrogens is 366 g/mol. The maximum atomic E-state index is 12.0. The molecule has 0 spiro atoms. The second kappa shape index (κ2) is 9.96. The van der Waals surface area contributed by atoms with Crippen molar-refractivity contribution in [2.75, 3.05) is 27.9 Å². The van der Waals surface area contributed by atoms with Crippen molar-refractivity contribution in [3.05, 3.63) is 53.1 Å². The first kappa shape index (κ1) is 20.8. The lowest BCUT2D eigenvalue weighted by molar-refractivity contribution is -0.124. The number of carbonyl (C=O) groups excluding carboxylic acids is 3. The molecule has 0 bridgehead atoms. The molecule has 0 aliphatic rings. The molecule has 0 saturated carbocycles. The predicted molar refractivity (Wildman–Crippen MR) is 100 cm³/mol. The normalized spacial score (nSPS) is 9.96. The Morgan fingerprint density at radius 2 is 1.57 bits per heavy atom. The van der Waals surface area contributed by atoms with E-state index >= 15 is 0 Å². The molecule has 0 aliphatic carbocycles. The lowest BCUT2D eigenvalue weighted by Crippen LogP contribution is -2.28. The third kappa shape index (κ3) is 5.23. The van der Waals surface area contributed by atoms with Crippen LogP contribution in [0.3, 0.4) is 0 Å². The van der Waals surface area contributed by atoms with Gasteiger partial charge in [-0.25, -0.2) is 4.79 Å². The van der Waals surface area contributed by atoms with Crippen molar-refractivity contribution in [2.24, 2.45) is 0 Å². The highest BCUT2D eigenvalue weighted by Crippen LogP contribution is 2.38. The molecule has 8 heteroatoms. The molecule has 0 unspecified atom stereocenters. The molecule has 0 fully saturated rings. The van der Waals surface area contributed by atoms with Crippen LogP contribution in [-0.4, -0.2) is 46.1 Å². The quantitative estimate of drug-likeness (QED) is 0.519. The number of nitrogens with one attached hydrogen (secondary N) is 1. The number of methoxy groups -OCH3 is 3. The maximum absolute atomic E-state index is 12.0. The summed E-state index contributed by atoms with van der Waals surface area (Å²) in [7, 11) is 4.50. The number of carbonyl (C=O) groups is 3. The van der Waals surface area contributed by atoms with Gasteiger partial charge in [0.2, 0.25) is 5.75 Å². The number of hydrogen-bond donors (Lipinski definition) is 1. The van der Waals surface area contributed by atoms with Crippen LogP contribution in [0.1, 0.15) is 26.3 Å². The molecule has 2 rings (SSSR count). The summed E-state index contributed by atoms with van der Waals surface area (Å²) >= 11 is 0. The third-order valence-electron chi connectivity index (χ3n) is 3.83. The number of benzene rings is 2. The Hall–Kier alpha value is -3.55. The molecule has 0 radical (unpaired) electrons. The lowest BCUT2D eigenvalue weighted by Gasteiger charge is -2.14. The molecule has 28 heavy (non-hydrogen) atoms. The topological polar surface area (TPSA) is 100 Å². The van der Waals surface area contributed by atoms with E-state index in [1.807, 2.05) is 0 Å². The van der Waals surface area contributed by atoms with E-state index in [2.05, 4.69) is 5.32 Å². The van der Waals surface area contributed by atoms with Gasteiger partial charge in [0.15, 0.2) is 18.1 Å². The van der Waals surface area contributed by atoms with E-state index in [1.165, 1.54) is 45.6 Å². The highest BCUT2D eigenvalue weighted by molar-refractivity contribution is 5.92. The zero-order valence-corrected chi connectivity index (χ0v) is 15.8. The van der Waals surface area contributed by atoms with Crippen LogP contribution in [0, 0.1) is 0 Å². The first-order valence-corrected chi connectivity index (χ1v) is 8.30. The minimum atomic E-state index is -0.652. The van der Waals surface area contributed by atoms with Crippen LogP contribution in [0.25, 0.3) is 0 Å². The van der Waals surface area contributed by atoms with E-state index in [1.54, 1.807) is 12.1 Å². The number of amides is 1. The molecule has 1 amide bonds. The van der Waals surface area contributed by atoms with Crippen LogP contribution in [0.4, 0.5) is 0 Å². The second-order valence-electron chi connectivity index (χ2n) is 5.63. The van der Waals surface area contributed by atoms with Gasteiger partial charge in [-0.05, 0) is 29.8 Å². The van der Waals surface area contributed by atoms with Gasteiger partial charge in [0.05, 0.1) is 26.9 Å². The van der Waals surface area contributed by atoms with Crippen LogP contribution in [-0.2, 0) is 16.1 Å². The average molecular weight is 387 g/mol. The fourth-order valence-electron chi connectivity index (χ4n) is 2.40. The Kier molecular flexibility index (Phi) is 7.38. The van der Waals surface area contributed by atoms with E-state index in [-0.39, 0.29) is 12.1 Å². The van der Waals surface area contributed by atoms with Crippen molar-refractivity contribution < 1.29 is 33.3 Å². The van der Waals surface area contributed by atoms with Gasteiger partial charge in [-0.2, -0.15) is 0 Å². The summed E-state index contributed by atoms with van der Waals surface area (Å²) in [6.45, 7) is -0.250. The lowest BCUT2D eigenvalue weighted by atomic mass is 10.1. The van der Waals surface area contributed by atoms with Crippen LogP contribution < -0.4 is 19.5 Å². The smallest absolute Gasteiger partial charge is 0.338 e. The highest BCUT2D eigenvalue weighted by atomic mass is 16.5. The zero-order valence-electron chi connectivity index (χ0n) is 15.8. The molecule has 0 heterocycles. The summed E-state index contributed by atoms with van der Waals surface area (Å²) in [5, 5.41) is 2.65. The summed E-state index contributed by atoms with van der Waals surface area (Å²) in [5.41, 5.74) is 1.42. The Balaban J connectivity index is 1.91. The summed E-state index contributed by atoms with van der Waals surface area (Å²) in [5.74, 6) is 0.272. The number of esters is 1. The monoisotopic (exact) mass is 387 g/mol. The molecule has 148 valence electrons. The van der Waals surface area contributed by atoms with Gasteiger partial charge in [-0.15, -0.1) is 0 Å². The summed E-state index contributed by atoms with van der Waals surface area (Å²) in [6, 6.07) is 9.33. The number of hydrogen-bond acceptors (Lipinski definition) is 7. The molecule has 0 aromatic heterocycles. The molecule has 0 atom stereocenters. The minimum absolute atomic E-state index is 0.182. The highest BCUT2D eigenvalue weighted by Gasteiger charge is 2.14. The molecule has 0 saturated heterocycles. The van der Waals surface area contributed by atoms with Crippen LogP contribution in [0.15, 0.2) is 36.4 Å². The van der Waals surface area contributed by atoms with Crippen molar-refractivity contribution >= 4 is 18.2 Å². The van der Waals surface area contributed by atoms with Crippen molar-refractivity contribution in [1.82, 2.24) is 5.32 Å². The van der Waals surface area contributed by atoms with E-state index in [4.69, 9.17) is 18.9 Å². The Bertz CT molecular complexity index is 821. The van der Waals surface area contributed by atoms with Gasteiger partial charge in [-0.1, -0.05) is 12.1 Å². The average Bonchev–Trinajstić information content (AvgIpc) is 2.74. The molecule has 2 aromatic carbocycles. The fourth-order valence-corrected chi connectivity index (χ4v) is 2.40. The first-order valence-electron chi connectivity index (χ1n) is 8.30. The van der Waals surface area contributed by atoms with Gasteiger partial charge in [0.1, 0.15) is 6.29 Å². The Morgan fingerprint density at radius 3 is 2.07 bits per heavy atom. The molecule has 1 N–H and O–H groups in total. The maximum Gasteiger partial charge on any atom is 0.338 e. The van der Waals surface area contributed by atoms with Crippen molar-refractivity contribution in [1.29, 1.82) is 0 Å². The fraction of sp³-hybridized carbons (Fsp3) is 0.250. The third-order valence-corrected chi connectivity index (χ3v) is 3.83. The molecule has 2 aromatic rings. The SMILES string of the molecule is COc1cc(CNC(=O)COC(=O)c2ccc(C=O)cc2)cc(OC)c1OC. The van der Waals surface area contributed by atoms with Gasteiger partial charge in [-0.3, -0.25) is 9.59 Å².